The third-order valence-electron chi connectivity index (χ3n) is 1.47. The topological polar surface area (TPSA) is 46.2 Å². The zero-order chi connectivity index (χ0) is 11.8. The molecule has 16 heavy (non-hydrogen) atoms. The SMILES string of the molecule is [B-]c1cc(F)c(F)c(NS(C)(=O)=O)c1F.[K+]. The molecule has 0 saturated carbocycles. The van der Waals surface area contributed by atoms with Crippen LogP contribution in [0.1, 0.15) is 0 Å². The summed E-state index contributed by atoms with van der Waals surface area (Å²) in [6, 6.07) is 0.429. The molecule has 0 aromatic heterocycles. The molecule has 0 bridgehead atoms. The molecule has 1 rings (SSSR count). The standard InChI is InChI=1S/C7H5BF3NO2S.K/c1-15(13,14)12-7-5(10)3(8)2-4(9)6(7)11;/h2,12H,1H3;/q-1;+1. The van der Waals surface area contributed by atoms with E-state index in [4.69, 9.17) is 7.85 Å². The van der Waals surface area contributed by atoms with Crippen molar-refractivity contribution in [1.29, 1.82) is 0 Å². The van der Waals surface area contributed by atoms with Gasteiger partial charge >= 0.3 is 51.4 Å². The van der Waals surface area contributed by atoms with Crippen LogP contribution < -0.4 is 61.6 Å². The minimum atomic E-state index is -3.91. The zero-order valence-electron chi connectivity index (χ0n) is 8.51. The molecule has 0 unspecified atom stereocenters. The predicted octanol–water partition coefficient (Wildman–Crippen LogP) is -2.73. The van der Waals surface area contributed by atoms with Crippen molar-refractivity contribution in [2.75, 3.05) is 11.0 Å². The van der Waals surface area contributed by atoms with Crippen molar-refractivity contribution in [3.05, 3.63) is 23.5 Å². The number of sulfonamides is 1. The molecule has 0 atom stereocenters. The Hall–Kier alpha value is 0.461. The molecule has 0 amide bonds. The summed E-state index contributed by atoms with van der Waals surface area (Å²) >= 11 is 0. The first-order valence-electron chi connectivity index (χ1n) is 3.63. The van der Waals surface area contributed by atoms with Crippen LogP contribution in [-0.4, -0.2) is 22.5 Å². The Labute approximate surface area is 135 Å². The van der Waals surface area contributed by atoms with Crippen LogP contribution in [-0.2, 0) is 10.0 Å². The monoisotopic (exact) mass is 274 g/mol. The number of nitrogens with one attached hydrogen (secondary N) is 1. The first kappa shape index (κ1) is 16.5. The fourth-order valence-corrected chi connectivity index (χ4v) is 1.45. The molecule has 0 aliphatic heterocycles. The van der Waals surface area contributed by atoms with Gasteiger partial charge < -0.3 is 7.85 Å². The summed E-state index contributed by atoms with van der Waals surface area (Å²) in [5, 5.41) is 0. The van der Waals surface area contributed by atoms with Crippen molar-refractivity contribution >= 4 is 29.0 Å². The van der Waals surface area contributed by atoms with E-state index < -0.39 is 38.6 Å². The van der Waals surface area contributed by atoms with Crippen LogP contribution in [0.15, 0.2) is 6.07 Å². The van der Waals surface area contributed by atoms with Gasteiger partial charge in [-0.1, -0.05) is 6.07 Å². The molecule has 81 valence electrons. The van der Waals surface area contributed by atoms with Crippen LogP contribution in [0.5, 0.6) is 0 Å². The zero-order valence-corrected chi connectivity index (χ0v) is 12.5. The van der Waals surface area contributed by atoms with Crippen molar-refractivity contribution < 1.29 is 73.0 Å². The number of hydrogen-bond donors (Lipinski definition) is 1. The van der Waals surface area contributed by atoms with Crippen LogP contribution >= 0.6 is 0 Å². The maximum absolute atomic E-state index is 13.1. The van der Waals surface area contributed by atoms with E-state index in [0.29, 0.717) is 12.3 Å². The van der Waals surface area contributed by atoms with Gasteiger partial charge in [0.15, 0.2) is 11.6 Å². The number of anilines is 1. The van der Waals surface area contributed by atoms with Crippen LogP contribution in [0, 0.1) is 17.5 Å². The first-order chi connectivity index (χ1) is 6.72. The van der Waals surface area contributed by atoms with Gasteiger partial charge in [-0.05, 0) is 0 Å². The van der Waals surface area contributed by atoms with E-state index in [1.54, 1.807) is 0 Å². The third-order valence-corrected chi connectivity index (χ3v) is 2.05. The van der Waals surface area contributed by atoms with Crippen LogP contribution in [0.4, 0.5) is 18.9 Å². The average molecular weight is 274 g/mol. The van der Waals surface area contributed by atoms with E-state index in [1.807, 2.05) is 0 Å². The Morgan fingerprint density at radius 3 is 2.19 bits per heavy atom. The Balaban J connectivity index is 0.00000225. The van der Waals surface area contributed by atoms with Crippen LogP contribution in [0.2, 0.25) is 0 Å². The fraction of sp³-hybridized carbons (Fsp3) is 0.143. The van der Waals surface area contributed by atoms with Gasteiger partial charge in [-0.2, -0.15) is 0 Å². The summed E-state index contributed by atoms with van der Waals surface area (Å²) in [6.07, 6.45) is 0.674. The molecular weight excluding hydrogens is 269 g/mol. The largest absolute Gasteiger partial charge is 1.00 e. The van der Waals surface area contributed by atoms with Crippen LogP contribution in [0.25, 0.3) is 0 Å². The molecule has 0 fully saturated rings. The molecule has 0 saturated heterocycles. The van der Waals surface area contributed by atoms with Gasteiger partial charge in [0.25, 0.3) is 0 Å². The summed E-state index contributed by atoms with van der Waals surface area (Å²) < 4.78 is 61.8. The molecule has 1 aromatic carbocycles. The molecule has 1 N–H and O–H groups in total. The van der Waals surface area contributed by atoms with E-state index in [-0.39, 0.29) is 51.4 Å². The number of halogens is 3. The second kappa shape index (κ2) is 5.87. The Bertz CT molecular complexity index is 483. The van der Waals surface area contributed by atoms with Gasteiger partial charge in [0, 0.05) is 0 Å². The van der Waals surface area contributed by atoms with Crippen molar-refractivity contribution in [2.24, 2.45) is 0 Å². The molecule has 0 aliphatic rings. The molecule has 1 aromatic rings. The van der Waals surface area contributed by atoms with Gasteiger partial charge in [0.05, 0.1) is 6.26 Å². The number of hydrogen-bond acceptors (Lipinski definition) is 2. The van der Waals surface area contributed by atoms with Gasteiger partial charge in [0.2, 0.25) is 10.0 Å². The summed E-state index contributed by atoms with van der Waals surface area (Å²) in [5.41, 5.74) is -1.80. The normalized spacial score (nSPS) is 10.8. The maximum atomic E-state index is 13.1. The molecule has 0 spiro atoms. The van der Waals surface area contributed by atoms with Crippen molar-refractivity contribution in [2.45, 2.75) is 0 Å². The van der Waals surface area contributed by atoms with E-state index in [0.717, 1.165) is 0 Å². The molecule has 9 heteroatoms. The van der Waals surface area contributed by atoms with E-state index >= 15 is 0 Å². The minimum absolute atomic E-state index is 0. The fourth-order valence-electron chi connectivity index (χ4n) is 0.898. The number of benzene rings is 1. The van der Waals surface area contributed by atoms with Crippen molar-refractivity contribution in [1.82, 2.24) is 0 Å². The molecular formula is C7H5BF3KNO2S. The Morgan fingerprint density at radius 1 is 1.25 bits per heavy atom. The summed E-state index contributed by atoms with van der Waals surface area (Å²) in [7, 11) is 1.08. The molecule has 3 nitrogen and oxygen atoms in total. The smallest absolute Gasteiger partial charge is 0.576 e. The quantitative estimate of drug-likeness (QED) is 0.470. The molecule has 3 radical (unpaired) electrons. The number of rotatable bonds is 2. The summed E-state index contributed by atoms with van der Waals surface area (Å²) in [5.74, 6) is -4.41. The van der Waals surface area contributed by atoms with Crippen molar-refractivity contribution in [3.8, 4) is 0 Å². The predicted molar refractivity (Wildman–Crippen MR) is 50.2 cm³/mol. The second-order valence-electron chi connectivity index (χ2n) is 2.82. The van der Waals surface area contributed by atoms with Crippen molar-refractivity contribution in [3.63, 3.8) is 0 Å². The van der Waals surface area contributed by atoms with E-state index in [2.05, 4.69) is 0 Å². The van der Waals surface area contributed by atoms with Gasteiger partial charge in [0.1, 0.15) is 11.5 Å². The van der Waals surface area contributed by atoms with Crippen LogP contribution in [0.3, 0.4) is 0 Å². The Morgan fingerprint density at radius 2 is 1.75 bits per heavy atom. The average Bonchev–Trinajstić information content (AvgIpc) is 2.08. The Kier molecular flexibility index (Phi) is 6.04. The van der Waals surface area contributed by atoms with E-state index in [1.165, 1.54) is 4.72 Å². The first-order valence-corrected chi connectivity index (χ1v) is 5.52. The molecule has 0 heterocycles. The van der Waals surface area contributed by atoms with Gasteiger partial charge in [-0.3, -0.25) is 10.2 Å². The van der Waals surface area contributed by atoms with E-state index in [9.17, 15) is 21.6 Å². The second-order valence-corrected chi connectivity index (χ2v) is 4.57. The van der Waals surface area contributed by atoms with Gasteiger partial charge in [-0.25, -0.2) is 21.6 Å². The summed E-state index contributed by atoms with van der Waals surface area (Å²) in [6.45, 7) is 0. The minimum Gasteiger partial charge on any atom is -0.576 e. The summed E-state index contributed by atoms with van der Waals surface area (Å²) in [4.78, 5) is 0. The molecule has 0 aliphatic carbocycles. The third kappa shape index (κ3) is 4.04. The van der Waals surface area contributed by atoms with Gasteiger partial charge in [-0.15, -0.1) is 0 Å². The maximum Gasteiger partial charge on any atom is 1.00 e.